The largest absolute Gasteiger partial charge is 0.493 e. The number of amides is 1. The Kier molecular flexibility index (Phi) is 5.30. The van der Waals surface area contributed by atoms with Crippen molar-refractivity contribution in [2.45, 2.75) is 26.7 Å². The molecule has 0 saturated carbocycles. The van der Waals surface area contributed by atoms with Gasteiger partial charge in [-0.1, -0.05) is 13.3 Å². The molecule has 1 aromatic heterocycles. The zero-order chi connectivity index (χ0) is 16.9. The molecule has 0 unspecified atom stereocenters. The van der Waals surface area contributed by atoms with E-state index in [2.05, 4.69) is 11.9 Å². The van der Waals surface area contributed by atoms with Crippen LogP contribution in [0, 0.1) is 6.92 Å². The van der Waals surface area contributed by atoms with Crippen molar-refractivity contribution in [3.63, 3.8) is 0 Å². The second kappa shape index (κ2) is 7.62. The first-order chi connectivity index (χ1) is 11.7. The van der Waals surface area contributed by atoms with E-state index in [-0.39, 0.29) is 5.91 Å². The summed E-state index contributed by atoms with van der Waals surface area (Å²) in [5.74, 6) is 0.850. The third kappa shape index (κ3) is 3.67. The zero-order valence-electron chi connectivity index (χ0n) is 14.4. The number of carbonyl (C=O) groups excluding carboxylic acids is 1. The lowest BCUT2D eigenvalue weighted by atomic mass is 10.1. The Bertz CT molecular complexity index is 724. The number of aryl methyl sites for hydroxylation is 1. The molecule has 1 saturated heterocycles. The highest BCUT2D eigenvalue weighted by molar-refractivity contribution is 5.99. The topological polar surface area (TPSA) is 51.7 Å². The number of benzene rings is 1. The van der Waals surface area contributed by atoms with Crippen LogP contribution in [0.1, 0.15) is 35.8 Å². The highest BCUT2D eigenvalue weighted by Crippen LogP contribution is 2.27. The molecule has 24 heavy (non-hydrogen) atoms. The summed E-state index contributed by atoms with van der Waals surface area (Å²) in [5, 5.41) is 0.899. The SMILES string of the molecule is CCCCOc1cc(C)nc2ccc(C(=O)N3CCOCC3)cc12. The summed E-state index contributed by atoms with van der Waals surface area (Å²) in [7, 11) is 0. The van der Waals surface area contributed by atoms with Crippen molar-refractivity contribution in [1.82, 2.24) is 9.88 Å². The maximum atomic E-state index is 12.7. The quantitative estimate of drug-likeness (QED) is 0.791. The van der Waals surface area contributed by atoms with Gasteiger partial charge in [0.15, 0.2) is 0 Å². The number of hydrogen-bond donors (Lipinski definition) is 0. The molecule has 1 aliphatic rings. The highest BCUT2D eigenvalue weighted by atomic mass is 16.5. The third-order valence-electron chi connectivity index (χ3n) is 4.20. The first-order valence-corrected chi connectivity index (χ1v) is 8.60. The van der Waals surface area contributed by atoms with Crippen molar-refractivity contribution in [2.75, 3.05) is 32.9 Å². The molecule has 128 valence electrons. The van der Waals surface area contributed by atoms with Gasteiger partial charge in [-0.15, -0.1) is 0 Å². The fourth-order valence-corrected chi connectivity index (χ4v) is 2.85. The summed E-state index contributed by atoms with van der Waals surface area (Å²) < 4.78 is 11.3. The number of rotatable bonds is 5. The van der Waals surface area contributed by atoms with Gasteiger partial charge >= 0.3 is 0 Å². The Labute approximate surface area is 142 Å². The van der Waals surface area contributed by atoms with Crippen LogP contribution in [0.4, 0.5) is 0 Å². The smallest absolute Gasteiger partial charge is 0.254 e. The van der Waals surface area contributed by atoms with E-state index < -0.39 is 0 Å². The molecule has 1 aromatic carbocycles. The summed E-state index contributed by atoms with van der Waals surface area (Å²) in [6.45, 7) is 7.26. The van der Waals surface area contributed by atoms with Gasteiger partial charge in [0.2, 0.25) is 0 Å². The molecule has 0 radical (unpaired) electrons. The predicted molar refractivity (Wildman–Crippen MR) is 93.6 cm³/mol. The maximum Gasteiger partial charge on any atom is 0.254 e. The van der Waals surface area contributed by atoms with Crippen LogP contribution in [-0.2, 0) is 4.74 Å². The van der Waals surface area contributed by atoms with Gasteiger partial charge in [0.05, 0.1) is 25.3 Å². The minimum Gasteiger partial charge on any atom is -0.493 e. The van der Waals surface area contributed by atoms with Crippen molar-refractivity contribution in [1.29, 1.82) is 0 Å². The molecular formula is C19H24N2O3. The molecule has 0 spiro atoms. The molecule has 3 rings (SSSR count). The van der Waals surface area contributed by atoms with Crippen molar-refractivity contribution >= 4 is 16.8 Å². The van der Waals surface area contributed by atoms with Crippen LogP contribution in [0.5, 0.6) is 5.75 Å². The minimum atomic E-state index is 0.0419. The first kappa shape index (κ1) is 16.7. The molecule has 1 amide bonds. The number of aromatic nitrogens is 1. The van der Waals surface area contributed by atoms with E-state index in [0.717, 1.165) is 35.2 Å². The fraction of sp³-hybridized carbons (Fsp3) is 0.474. The minimum absolute atomic E-state index is 0.0419. The third-order valence-corrected chi connectivity index (χ3v) is 4.20. The lowest BCUT2D eigenvalue weighted by molar-refractivity contribution is 0.0303. The standard InChI is InChI=1S/C19H24N2O3/c1-3-4-9-24-18-12-14(2)20-17-6-5-15(13-16(17)18)19(22)21-7-10-23-11-8-21/h5-6,12-13H,3-4,7-11H2,1-2H3. The van der Waals surface area contributed by atoms with Gasteiger partial charge in [-0.05, 0) is 31.5 Å². The monoisotopic (exact) mass is 328 g/mol. The van der Waals surface area contributed by atoms with Gasteiger partial charge in [0, 0.05) is 35.8 Å². The average molecular weight is 328 g/mol. The van der Waals surface area contributed by atoms with Crippen molar-refractivity contribution in [3.8, 4) is 5.75 Å². The van der Waals surface area contributed by atoms with Gasteiger partial charge in [-0.2, -0.15) is 0 Å². The molecular weight excluding hydrogens is 304 g/mol. The number of unbranched alkanes of at least 4 members (excludes halogenated alkanes) is 1. The summed E-state index contributed by atoms with van der Waals surface area (Å²) in [5.41, 5.74) is 2.46. The maximum absolute atomic E-state index is 12.7. The highest BCUT2D eigenvalue weighted by Gasteiger charge is 2.19. The summed E-state index contributed by atoms with van der Waals surface area (Å²) in [6, 6.07) is 7.60. The number of nitrogens with zero attached hydrogens (tertiary/aromatic N) is 2. The van der Waals surface area contributed by atoms with Crippen molar-refractivity contribution in [3.05, 3.63) is 35.5 Å². The molecule has 0 N–H and O–H groups in total. The van der Waals surface area contributed by atoms with E-state index in [1.165, 1.54) is 0 Å². The van der Waals surface area contributed by atoms with Crippen LogP contribution in [0.3, 0.4) is 0 Å². The van der Waals surface area contributed by atoms with Crippen molar-refractivity contribution in [2.24, 2.45) is 0 Å². The van der Waals surface area contributed by atoms with Crippen LogP contribution < -0.4 is 4.74 Å². The Morgan fingerprint density at radius 3 is 2.83 bits per heavy atom. The summed E-state index contributed by atoms with van der Waals surface area (Å²) in [4.78, 5) is 19.1. The second-order valence-electron chi connectivity index (χ2n) is 6.10. The van der Waals surface area contributed by atoms with Crippen LogP contribution in [0.15, 0.2) is 24.3 Å². The Morgan fingerprint density at radius 1 is 1.29 bits per heavy atom. The molecule has 0 atom stereocenters. The van der Waals surface area contributed by atoms with E-state index in [4.69, 9.17) is 9.47 Å². The molecule has 2 heterocycles. The number of pyridine rings is 1. The van der Waals surface area contributed by atoms with Crippen molar-refractivity contribution < 1.29 is 14.3 Å². The summed E-state index contributed by atoms with van der Waals surface area (Å²) >= 11 is 0. The van der Waals surface area contributed by atoms with Gasteiger partial charge in [0.1, 0.15) is 5.75 Å². The van der Waals surface area contributed by atoms with E-state index in [1.54, 1.807) is 0 Å². The number of morpholine rings is 1. The first-order valence-electron chi connectivity index (χ1n) is 8.60. The zero-order valence-corrected chi connectivity index (χ0v) is 14.4. The second-order valence-corrected chi connectivity index (χ2v) is 6.10. The Balaban J connectivity index is 1.91. The normalized spacial score (nSPS) is 14.8. The molecule has 1 fully saturated rings. The van der Waals surface area contributed by atoms with Crippen LogP contribution in [0.25, 0.3) is 10.9 Å². The molecule has 0 aliphatic carbocycles. The molecule has 2 aromatic rings. The van der Waals surface area contributed by atoms with Crippen LogP contribution in [0.2, 0.25) is 0 Å². The Hall–Kier alpha value is -2.14. The van der Waals surface area contributed by atoms with E-state index in [0.29, 0.717) is 38.5 Å². The molecule has 5 heteroatoms. The lowest BCUT2D eigenvalue weighted by Gasteiger charge is -2.27. The number of carbonyl (C=O) groups is 1. The summed E-state index contributed by atoms with van der Waals surface area (Å²) in [6.07, 6.45) is 2.10. The number of hydrogen-bond acceptors (Lipinski definition) is 4. The van der Waals surface area contributed by atoms with E-state index >= 15 is 0 Å². The molecule has 1 aliphatic heterocycles. The van der Waals surface area contributed by atoms with E-state index in [9.17, 15) is 4.79 Å². The van der Waals surface area contributed by atoms with Gasteiger partial charge in [-0.25, -0.2) is 0 Å². The van der Waals surface area contributed by atoms with Gasteiger partial charge in [-0.3, -0.25) is 9.78 Å². The van der Waals surface area contributed by atoms with Crippen LogP contribution in [-0.4, -0.2) is 48.7 Å². The van der Waals surface area contributed by atoms with Gasteiger partial charge in [0.25, 0.3) is 5.91 Å². The average Bonchev–Trinajstić information content (AvgIpc) is 2.61. The van der Waals surface area contributed by atoms with Gasteiger partial charge < -0.3 is 14.4 Å². The van der Waals surface area contributed by atoms with E-state index in [1.807, 2.05) is 36.1 Å². The van der Waals surface area contributed by atoms with Crippen LogP contribution >= 0.6 is 0 Å². The molecule has 0 bridgehead atoms. The lowest BCUT2D eigenvalue weighted by Crippen LogP contribution is -2.40. The number of fused-ring (bicyclic) bond motifs is 1. The fourth-order valence-electron chi connectivity index (χ4n) is 2.85. The predicted octanol–water partition coefficient (Wildman–Crippen LogP) is 3.19. The molecule has 5 nitrogen and oxygen atoms in total. The Morgan fingerprint density at radius 2 is 2.08 bits per heavy atom. The number of ether oxygens (including phenoxy) is 2.